The van der Waals surface area contributed by atoms with E-state index < -0.39 is 5.91 Å². The average molecular weight is 398 g/mol. The molecule has 4 aromatic rings. The van der Waals surface area contributed by atoms with Crippen LogP contribution in [0.25, 0.3) is 11.5 Å². The number of carbonyl (C=O) groups excluding carboxylic acids is 1. The SMILES string of the molecule is Cc1nn(-c2ccc(F)cc2)c(Cl)c1C(=O)Nc1ccc(-n2cncn2)nc1. The van der Waals surface area contributed by atoms with Gasteiger partial charge in [-0.05, 0) is 43.3 Å². The van der Waals surface area contributed by atoms with Gasteiger partial charge < -0.3 is 5.32 Å². The van der Waals surface area contributed by atoms with Gasteiger partial charge in [0, 0.05) is 0 Å². The van der Waals surface area contributed by atoms with Crippen molar-refractivity contribution < 1.29 is 9.18 Å². The zero-order valence-corrected chi connectivity index (χ0v) is 15.3. The first kappa shape index (κ1) is 17.8. The van der Waals surface area contributed by atoms with E-state index in [1.807, 2.05) is 0 Å². The molecule has 0 aliphatic carbocycles. The molecule has 0 unspecified atom stereocenters. The highest BCUT2D eigenvalue weighted by atomic mass is 35.5. The minimum atomic E-state index is -0.425. The zero-order valence-electron chi connectivity index (χ0n) is 14.5. The lowest BCUT2D eigenvalue weighted by atomic mass is 10.2. The molecule has 0 aliphatic heterocycles. The molecule has 3 heterocycles. The fourth-order valence-electron chi connectivity index (χ4n) is 2.63. The van der Waals surface area contributed by atoms with Gasteiger partial charge in [0.2, 0.25) is 0 Å². The number of hydrogen-bond donors (Lipinski definition) is 1. The van der Waals surface area contributed by atoms with Gasteiger partial charge in [0.15, 0.2) is 5.82 Å². The molecule has 1 amide bonds. The Morgan fingerprint density at radius 3 is 2.61 bits per heavy atom. The molecule has 0 aliphatic rings. The molecule has 28 heavy (non-hydrogen) atoms. The molecular formula is C18H13ClFN7O. The number of amides is 1. The molecule has 0 bridgehead atoms. The number of benzene rings is 1. The maximum atomic E-state index is 13.1. The number of pyridine rings is 1. The highest BCUT2D eigenvalue weighted by Crippen LogP contribution is 2.24. The van der Waals surface area contributed by atoms with Gasteiger partial charge in [0.1, 0.15) is 29.2 Å². The summed E-state index contributed by atoms with van der Waals surface area (Å²) in [5, 5.41) is 11.2. The molecule has 1 aromatic carbocycles. The summed E-state index contributed by atoms with van der Waals surface area (Å²) in [6.07, 6.45) is 4.43. The number of nitrogens with zero attached hydrogens (tertiary/aromatic N) is 6. The summed E-state index contributed by atoms with van der Waals surface area (Å²) >= 11 is 6.37. The average Bonchev–Trinajstić information content (AvgIpc) is 3.31. The minimum Gasteiger partial charge on any atom is -0.320 e. The maximum Gasteiger partial charge on any atom is 0.260 e. The van der Waals surface area contributed by atoms with Crippen LogP contribution >= 0.6 is 11.6 Å². The molecule has 0 fully saturated rings. The molecule has 0 radical (unpaired) electrons. The zero-order chi connectivity index (χ0) is 19.7. The number of hydrogen-bond acceptors (Lipinski definition) is 5. The number of halogens is 2. The van der Waals surface area contributed by atoms with Crippen LogP contribution in [0.2, 0.25) is 5.15 Å². The summed E-state index contributed by atoms with van der Waals surface area (Å²) < 4.78 is 16.0. The van der Waals surface area contributed by atoms with Crippen LogP contribution in [0, 0.1) is 12.7 Å². The van der Waals surface area contributed by atoms with E-state index in [4.69, 9.17) is 11.6 Å². The molecule has 8 nitrogen and oxygen atoms in total. The molecule has 140 valence electrons. The Labute approximate surface area is 163 Å². The third kappa shape index (κ3) is 3.35. The Balaban J connectivity index is 1.57. The van der Waals surface area contributed by atoms with Crippen molar-refractivity contribution in [3.63, 3.8) is 0 Å². The van der Waals surface area contributed by atoms with Crippen molar-refractivity contribution in [1.82, 2.24) is 29.5 Å². The second-order valence-electron chi connectivity index (χ2n) is 5.84. The lowest BCUT2D eigenvalue weighted by Crippen LogP contribution is -2.13. The van der Waals surface area contributed by atoms with E-state index in [-0.39, 0.29) is 16.5 Å². The van der Waals surface area contributed by atoms with Crippen LogP contribution in [-0.2, 0) is 0 Å². The summed E-state index contributed by atoms with van der Waals surface area (Å²) in [6, 6.07) is 9.04. The topological polar surface area (TPSA) is 90.5 Å². The van der Waals surface area contributed by atoms with Crippen LogP contribution < -0.4 is 5.32 Å². The highest BCUT2D eigenvalue weighted by molar-refractivity contribution is 6.34. The number of carbonyl (C=O) groups is 1. The monoisotopic (exact) mass is 397 g/mol. The predicted molar refractivity (Wildman–Crippen MR) is 100 cm³/mol. The van der Waals surface area contributed by atoms with E-state index in [1.165, 1.54) is 52.5 Å². The Hall–Kier alpha value is -3.59. The van der Waals surface area contributed by atoms with Gasteiger partial charge >= 0.3 is 0 Å². The fourth-order valence-corrected chi connectivity index (χ4v) is 2.98. The summed E-state index contributed by atoms with van der Waals surface area (Å²) in [5.74, 6) is -0.233. The summed E-state index contributed by atoms with van der Waals surface area (Å²) in [6.45, 7) is 1.67. The largest absolute Gasteiger partial charge is 0.320 e. The molecule has 0 spiro atoms. The fraction of sp³-hybridized carbons (Fsp3) is 0.0556. The first-order valence-electron chi connectivity index (χ1n) is 8.16. The van der Waals surface area contributed by atoms with Crippen molar-refractivity contribution in [2.45, 2.75) is 6.92 Å². The lowest BCUT2D eigenvalue weighted by Gasteiger charge is -2.06. The van der Waals surface area contributed by atoms with Crippen LogP contribution in [0.15, 0.2) is 55.2 Å². The summed E-state index contributed by atoms with van der Waals surface area (Å²) in [7, 11) is 0. The van der Waals surface area contributed by atoms with Gasteiger partial charge in [-0.2, -0.15) is 10.2 Å². The Morgan fingerprint density at radius 1 is 1.18 bits per heavy atom. The highest BCUT2D eigenvalue weighted by Gasteiger charge is 2.21. The molecule has 1 N–H and O–H groups in total. The van der Waals surface area contributed by atoms with E-state index in [0.29, 0.717) is 22.9 Å². The molecule has 4 rings (SSSR count). The second kappa shape index (κ2) is 7.20. The number of rotatable bonds is 4. The van der Waals surface area contributed by atoms with Gasteiger partial charge in [-0.15, -0.1) is 0 Å². The smallest absolute Gasteiger partial charge is 0.260 e. The van der Waals surface area contributed by atoms with Crippen LogP contribution in [-0.4, -0.2) is 35.4 Å². The second-order valence-corrected chi connectivity index (χ2v) is 6.20. The number of nitrogens with one attached hydrogen (secondary N) is 1. The van der Waals surface area contributed by atoms with Gasteiger partial charge in [-0.25, -0.2) is 23.7 Å². The Kier molecular flexibility index (Phi) is 4.58. The van der Waals surface area contributed by atoms with Gasteiger partial charge in [0.25, 0.3) is 5.91 Å². The summed E-state index contributed by atoms with van der Waals surface area (Å²) in [5.41, 5.74) is 1.71. The molecule has 0 saturated carbocycles. The van der Waals surface area contributed by atoms with Gasteiger partial charge in [0.05, 0.1) is 23.3 Å². The van der Waals surface area contributed by atoms with Gasteiger partial charge in [-0.3, -0.25) is 4.79 Å². The first-order valence-corrected chi connectivity index (χ1v) is 8.54. The van der Waals surface area contributed by atoms with Crippen molar-refractivity contribution in [2.24, 2.45) is 0 Å². The lowest BCUT2D eigenvalue weighted by molar-refractivity contribution is 0.102. The summed E-state index contributed by atoms with van der Waals surface area (Å²) in [4.78, 5) is 20.8. The van der Waals surface area contributed by atoms with Gasteiger partial charge in [-0.1, -0.05) is 11.6 Å². The third-order valence-corrected chi connectivity index (χ3v) is 4.31. The van der Waals surface area contributed by atoms with Crippen molar-refractivity contribution in [3.8, 4) is 11.5 Å². The predicted octanol–water partition coefficient (Wildman–Crippen LogP) is 3.20. The van der Waals surface area contributed by atoms with E-state index >= 15 is 0 Å². The van der Waals surface area contributed by atoms with Crippen LogP contribution in [0.3, 0.4) is 0 Å². The number of aryl methyl sites for hydroxylation is 1. The van der Waals surface area contributed by atoms with E-state index in [0.717, 1.165) is 0 Å². The van der Waals surface area contributed by atoms with Crippen molar-refractivity contribution >= 4 is 23.2 Å². The Bertz CT molecular complexity index is 1120. The molecule has 0 atom stereocenters. The molecule has 10 heteroatoms. The van der Waals surface area contributed by atoms with Crippen LogP contribution in [0.5, 0.6) is 0 Å². The van der Waals surface area contributed by atoms with Crippen molar-refractivity contribution in [3.05, 3.63) is 77.5 Å². The van der Waals surface area contributed by atoms with E-state index in [9.17, 15) is 9.18 Å². The van der Waals surface area contributed by atoms with E-state index in [1.54, 1.807) is 19.1 Å². The minimum absolute atomic E-state index is 0.133. The first-order chi connectivity index (χ1) is 13.5. The Morgan fingerprint density at radius 2 is 1.96 bits per heavy atom. The van der Waals surface area contributed by atoms with Crippen LogP contribution in [0.1, 0.15) is 16.1 Å². The van der Waals surface area contributed by atoms with Crippen LogP contribution in [0.4, 0.5) is 10.1 Å². The number of aromatic nitrogens is 6. The number of anilines is 1. The van der Waals surface area contributed by atoms with Crippen molar-refractivity contribution in [1.29, 1.82) is 0 Å². The van der Waals surface area contributed by atoms with E-state index in [2.05, 4.69) is 25.5 Å². The standard InChI is InChI=1S/C18H13ClFN7O/c1-11-16(17(19)27(25-11)14-5-2-12(20)3-6-14)18(28)24-13-4-7-15(22-8-13)26-10-21-9-23-26/h2-10H,1H3,(H,24,28). The third-order valence-electron chi connectivity index (χ3n) is 3.96. The maximum absolute atomic E-state index is 13.1. The molecule has 0 saturated heterocycles. The molecule has 3 aromatic heterocycles. The molecular weight excluding hydrogens is 385 g/mol. The van der Waals surface area contributed by atoms with Crippen molar-refractivity contribution in [2.75, 3.05) is 5.32 Å². The quantitative estimate of drug-likeness (QED) is 0.571. The normalized spacial score (nSPS) is 10.8.